The van der Waals surface area contributed by atoms with Gasteiger partial charge in [0.1, 0.15) is 0 Å². The summed E-state index contributed by atoms with van der Waals surface area (Å²) in [5.41, 5.74) is 2.02. The highest BCUT2D eigenvalue weighted by Crippen LogP contribution is 2.26. The molecule has 98 valence electrons. The zero-order valence-corrected chi connectivity index (χ0v) is 11.3. The van der Waals surface area contributed by atoms with Crippen LogP contribution in [0, 0.1) is 24.0 Å². The fourth-order valence-corrected chi connectivity index (χ4v) is 2.45. The zero-order chi connectivity index (χ0) is 14.0. The van der Waals surface area contributed by atoms with Gasteiger partial charge in [0.2, 0.25) is 0 Å². The minimum atomic E-state index is -0.440. The number of carbonyl (C=O) groups excluding carboxylic acids is 1. The van der Waals surface area contributed by atoms with Crippen LogP contribution in [0.25, 0.3) is 0 Å². The van der Waals surface area contributed by atoms with E-state index in [0.29, 0.717) is 21.7 Å². The number of nitrogens with one attached hydrogen (secondary N) is 1. The van der Waals surface area contributed by atoms with Gasteiger partial charge in [-0.15, -0.1) is 11.3 Å². The number of rotatable bonds is 3. The standard InChI is InChI=1S/C13H12N2O3S/c1-8-6-10(15(17)18)7-9(2)12(8)14-13(16)11-4-3-5-19-11/h3-7H,1-2H3,(H,14,16). The summed E-state index contributed by atoms with van der Waals surface area (Å²) in [5, 5.41) is 15.4. The molecular formula is C13H12N2O3S. The minimum Gasteiger partial charge on any atom is -0.321 e. The number of hydrogen-bond acceptors (Lipinski definition) is 4. The van der Waals surface area contributed by atoms with Crippen molar-refractivity contribution in [1.82, 2.24) is 0 Å². The van der Waals surface area contributed by atoms with E-state index in [4.69, 9.17) is 0 Å². The lowest BCUT2D eigenvalue weighted by Gasteiger charge is -2.10. The molecule has 19 heavy (non-hydrogen) atoms. The highest BCUT2D eigenvalue weighted by molar-refractivity contribution is 7.12. The topological polar surface area (TPSA) is 72.2 Å². The molecule has 1 aromatic carbocycles. The van der Waals surface area contributed by atoms with Crippen molar-refractivity contribution < 1.29 is 9.72 Å². The number of non-ortho nitro benzene ring substituents is 1. The molecule has 1 aromatic heterocycles. The summed E-state index contributed by atoms with van der Waals surface area (Å²) in [6.07, 6.45) is 0. The van der Waals surface area contributed by atoms with E-state index in [1.807, 2.05) is 5.38 Å². The van der Waals surface area contributed by atoms with Crippen molar-refractivity contribution in [2.75, 3.05) is 5.32 Å². The van der Waals surface area contributed by atoms with Crippen molar-refractivity contribution in [3.8, 4) is 0 Å². The van der Waals surface area contributed by atoms with E-state index in [1.54, 1.807) is 26.0 Å². The lowest BCUT2D eigenvalue weighted by molar-refractivity contribution is -0.384. The summed E-state index contributed by atoms with van der Waals surface area (Å²) in [5.74, 6) is -0.199. The number of carbonyl (C=O) groups is 1. The number of hydrogen-bond donors (Lipinski definition) is 1. The number of nitro groups is 1. The Kier molecular flexibility index (Phi) is 3.62. The maximum Gasteiger partial charge on any atom is 0.270 e. The van der Waals surface area contributed by atoms with Gasteiger partial charge in [-0.2, -0.15) is 0 Å². The third-order valence-corrected chi connectivity index (χ3v) is 3.58. The van der Waals surface area contributed by atoms with Crippen LogP contribution in [-0.2, 0) is 0 Å². The van der Waals surface area contributed by atoms with E-state index in [2.05, 4.69) is 5.32 Å². The third kappa shape index (κ3) is 2.79. The van der Waals surface area contributed by atoms with Crippen LogP contribution in [-0.4, -0.2) is 10.8 Å². The Hall–Kier alpha value is -2.21. The highest BCUT2D eigenvalue weighted by Gasteiger charge is 2.15. The smallest absolute Gasteiger partial charge is 0.270 e. The van der Waals surface area contributed by atoms with Gasteiger partial charge < -0.3 is 5.32 Å². The van der Waals surface area contributed by atoms with E-state index < -0.39 is 4.92 Å². The Balaban J connectivity index is 2.31. The third-order valence-electron chi connectivity index (χ3n) is 2.71. The zero-order valence-electron chi connectivity index (χ0n) is 10.5. The number of benzene rings is 1. The van der Waals surface area contributed by atoms with Gasteiger partial charge in [-0.3, -0.25) is 14.9 Å². The van der Waals surface area contributed by atoms with Crippen LogP contribution in [0.3, 0.4) is 0 Å². The van der Waals surface area contributed by atoms with Crippen molar-refractivity contribution in [3.63, 3.8) is 0 Å². The molecule has 0 unspecified atom stereocenters. The fraction of sp³-hybridized carbons (Fsp3) is 0.154. The molecule has 0 radical (unpaired) electrons. The Morgan fingerprint density at radius 3 is 2.42 bits per heavy atom. The van der Waals surface area contributed by atoms with Crippen molar-refractivity contribution in [2.45, 2.75) is 13.8 Å². The first-order valence-electron chi connectivity index (χ1n) is 5.59. The average molecular weight is 276 g/mol. The van der Waals surface area contributed by atoms with E-state index >= 15 is 0 Å². The number of amides is 1. The molecule has 0 aliphatic rings. The first kappa shape index (κ1) is 13.2. The van der Waals surface area contributed by atoms with Crippen molar-refractivity contribution >= 4 is 28.6 Å². The van der Waals surface area contributed by atoms with Crippen molar-refractivity contribution in [3.05, 3.63) is 55.8 Å². The summed E-state index contributed by atoms with van der Waals surface area (Å²) < 4.78 is 0. The van der Waals surface area contributed by atoms with Gasteiger partial charge in [-0.05, 0) is 36.4 Å². The van der Waals surface area contributed by atoms with Crippen LogP contribution >= 0.6 is 11.3 Å². The number of anilines is 1. The Morgan fingerprint density at radius 2 is 1.95 bits per heavy atom. The molecule has 0 saturated heterocycles. The molecule has 6 heteroatoms. The quantitative estimate of drug-likeness (QED) is 0.688. The maximum absolute atomic E-state index is 12.0. The van der Waals surface area contributed by atoms with Crippen molar-refractivity contribution in [2.24, 2.45) is 0 Å². The Bertz CT molecular complexity index is 612. The first-order valence-corrected chi connectivity index (χ1v) is 6.47. The number of nitrogens with zero attached hydrogens (tertiary/aromatic N) is 1. The van der Waals surface area contributed by atoms with Crippen LogP contribution in [0.4, 0.5) is 11.4 Å². The maximum atomic E-state index is 12.0. The number of thiophene rings is 1. The van der Waals surface area contributed by atoms with E-state index in [1.165, 1.54) is 23.5 Å². The molecule has 0 aliphatic carbocycles. The van der Waals surface area contributed by atoms with E-state index in [9.17, 15) is 14.9 Å². The SMILES string of the molecule is Cc1cc([N+](=O)[O-])cc(C)c1NC(=O)c1cccs1. The van der Waals surface area contributed by atoms with Crippen LogP contribution in [0.5, 0.6) is 0 Å². The van der Waals surface area contributed by atoms with Crippen molar-refractivity contribution in [1.29, 1.82) is 0 Å². The lowest BCUT2D eigenvalue weighted by atomic mass is 10.1. The van der Waals surface area contributed by atoms with Gasteiger partial charge in [0.15, 0.2) is 0 Å². The molecule has 1 N–H and O–H groups in total. The van der Waals surface area contributed by atoms with Crippen LogP contribution < -0.4 is 5.32 Å². The Labute approximate surface area is 114 Å². The molecule has 0 bridgehead atoms. The van der Waals surface area contributed by atoms with Gasteiger partial charge in [-0.25, -0.2) is 0 Å². The normalized spacial score (nSPS) is 10.2. The summed E-state index contributed by atoms with van der Waals surface area (Å²) >= 11 is 1.35. The molecule has 1 heterocycles. The average Bonchev–Trinajstić information content (AvgIpc) is 2.86. The monoisotopic (exact) mass is 276 g/mol. The summed E-state index contributed by atoms with van der Waals surface area (Å²) in [4.78, 5) is 22.9. The molecule has 2 aromatic rings. The summed E-state index contributed by atoms with van der Waals surface area (Å²) in [6.45, 7) is 3.48. The largest absolute Gasteiger partial charge is 0.321 e. The van der Waals surface area contributed by atoms with Gasteiger partial charge in [-0.1, -0.05) is 6.07 Å². The molecule has 0 spiro atoms. The second-order valence-corrected chi connectivity index (χ2v) is 5.09. The molecule has 0 saturated carbocycles. The fourth-order valence-electron chi connectivity index (χ4n) is 1.83. The number of aryl methyl sites for hydroxylation is 2. The van der Waals surface area contributed by atoms with Crippen LogP contribution in [0.15, 0.2) is 29.6 Å². The predicted octanol–water partition coefficient (Wildman–Crippen LogP) is 3.53. The second-order valence-electron chi connectivity index (χ2n) is 4.14. The van der Waals surface area contributed by atoms with E-state index in [-0.39, 0.29) is 11.6 Å². The van der Waals surface area contributed by atoms with Gasteiger partial charge >= 0.3 is 0 Å². The Morgan fingerprint density at radius 1 is 1.32 bits per heavy atom. The van der Waals surface area contributed by atoms with E-state index in [0.717, 1.165) is 0 Å². The van der Waals surface area contributed by atoms with Crippen LogP contribution in [0.1, 0.15) is 20.8 Å². The molecule has 2 rings (SSSR count). The molecule has 0 fully saturated rings. The lowest BCUT2D eigenvalue weighted by Crippen LogP contribution is -2.12. The predicted molar refractivity (Wildman–Crippen MR) is 74.8 cm³/mol. The molecule has 1 amide bonds. The second kappa shape index (κ2) is 5.19. The number of nitro benzene ring substituents is 1. The van der Waals surface area contributed by atoms with Gasteiger partial charge in [0, 0.05) is 17.8 Å². The van der Waals surface area contributed by atoms with Gasteiger partial charge in [0.05, 0.1) is 9.80 Å². The summed E-state index contributed by atoms with van der Waals surface area (Å²) in [6, 6.07) is 6.44. The molecule has 5 nitrogen and oxygen atoms in total. The highest BCUT2D eigenvalue weighted by atomic mass is 32.1. The summed E-state index contributed by atoms with van der Waals surface area (Å²) in [7, 11) is 0. The first-order chi connectivity index (χ1) is 8.99. The van der Waals surface area contributed by atoms with Gasteiger partial charge in [0.25, 0.3) is 11.6 Å². The molecule has 0 atom stereocenters. The molecule has 0 aliphatic heterocycles. The van der Waals surface area contributed by atoms with Crippen LogP contribution in [0.2, 0.25) is 0 Å². The minimum absolute atomic E-state index is 0.0316. The molecular weight excluding hydrogens is 264 g/mol.